The van der Waals surface area contributed by atoms with Crippen LogP contribution >= 0.6 is 24.8 Å². The predicted octanol–water partition coefficient (Wildman–Crippen LogP) is 3.96. The van der Waals surface area contributed by atoms with Crippen LogP contribution in [0.1, 0.15) is 33.1 Å². The highest BCUT2D eigenvalue weighted by Crippen LogP contribution is 2.21. The molecule has 6 heteroatoms. The van der Waals surface area contributed by atoms with Gasteiger partial charge in [0.1, 0.15) is 0 Å². The zero-order valence-electron chi connectivity index (χ0n) is 13.0. The van der Waals surface area contributed by atoms with Gasteiger partial charge >= 0.3 is 0 Å². The minimum Gasteiger partial charge on any atom is -0.347 e. The number of carbonyl (C=O) groups is 1. The molecule has 4 nitrogen and oxygen atoms in total. The maximum atomic E-state index is 11.8. The van der Waals surface area contributed by atoms with Crippen LogP contribution in [0.3, 0.4) is 0 Å². The smallest absolute Gasteiger partial charge is 0.224 e. The van der Waals surface area contributed by atoms with Crippen molar-refractivity contribution in [3.8, 4) is 0 Å². The number of nitrogens with zero attached hydrogens (tertiary/aromatic N) is 1. The van der Waals surface area contributed by atoms with Gasteiger partial charge in [0.15, 0.2) is 0 Å². The van der Waals surface area contributed by atoms with E-state index in [4.69, 9.17) is 5.73 Å². The summed E-state index contributed by atoms with van der Waals surface area (Å²) in [6.45, 7) is 5.10. The van der Waals surface area contributed by atoms with Crippen LogP contribution in [0.25, 0.3) is 10.9 Å². The fraction of sp³-hybridized carbons (Fsp3) is 0.438. The molecule has 1 heterocycles. The largest absolute Gasteiger partial charge is 0.347 e. The van der Waals surface area contributed by atoms with Crippen molar-refractivity contribution in [2.24, 2.45) is 5.73 Å². The Morgan fingerprint density at radius 1 is 1.32 bits per heavy atom. The number of carbonyl (C=O) groups excluding carboxylic acids is 1. The molecule has 0 saturated heterocycles. The van der Waals surface area contributed by atoms with Crippen LogP contribution in [0.4, 0.5) is 5.69 Å². The van der Waals surface area contributed by atoms with E-state index in [1.165, 1.54) is 5.52 Å². The third-order valence-corrected chi connectivity index (χ3v) is 3.35. The lowest BCUT2D eigenvalue weighted by atomic mass is 10.2. The summed E-state index contributed by atoms with van der Waals surface area (Å²) in [5.74, 6) is 0.0228. The molecule has 124 valence electrons. The second kappa shape index (κ2) is 9.72. The zero-order chi connectivity index (χ0) is 14.5. The van der Waals surface area contributed by atoms with Gasteiger partial charge < -0.3 is 15.6 Å². The van der Waals surface area contributed by atoms with Crippen molar-refractivity contribution in [2.45, 2.75) is 45.7 Å². The van der Waals surface area contributed by atoms with Crippen molar-refractivity contribution in [3.63, 3.8) is 0 Å². The Labute approximate surface area is 144 Å². The van der Waals surface area contributed by atoms with Crippen LogP contribution in [0, 0.1) is 0 Å². The molecule has 1 atom stereocenters. The van der Waals surface area contributed by atoms with Crippen LogP contribution < -0.4 is 11.1 Å². The lowest BCUT2D eigenvalue weighted by molar-refractivity contribution is -0.116. The summed E-state index contributed by atoms with van der Waals surface area (Å²) in [4.78, 5) is 11.8. The molecular weight excluding hydrogens is 321 g/mol. The topological polar surface area (TPSA) is 60.0 Å². The lowest BCUT2D eigenvalue weighted by Gasteiger charge is -2.08. The fourth-order valence-corrected chi connectivity index (χ4v) is 2.30. The fourth-order valence-electron chi connectivity index (χ4n) is 2.30. The summed E-state index contributed by atoms with van der Waals surface area (Å²) in [5.41, 5.74) is 7.71. The minimum absolute atomic E-state index is 0. The Balaban J connectivity index is 0.00000220. The van der Waals surface area contributed by atoms with Crippen molar-refractivity contribution in [3.05, 3.63) is 30.5 Å². The monoisotopic (exact) mass is 345 g/mol. The lowest BCUT2D eigenvalue weighted by Crippen LogP contribution is -2.19. The average molecular weight is 346 g/mol. The van der Waals surface area contributed by atoms with Crippen LogP contribution in [0.5, 0.6) is 0 Å². The number of nitrogens with two attached hydrogens (primary N) is 1. The summed E-state index contributed by atoms with van der Waals surface area (Å²) < 4.78 is 2.23. The molecule has 0 fully saturated rings. The van der Waals surface area contributed by atoms with Gasteiger partial charge in [-0.05, 0) is 44.0 Å². The Kier molecular flexibility index (Phi) is 9.18. The van der Waals surface area contributed by atoms with E-state index in [1.807, 2.05) is 19.1 Å². The van der Waals surface area contributed by atoms with E-state index in [0.717, 1.165) is 24.0 Å². The van der Waals surface area contributed by atoms with Crippen molar-refractivity contribution < 1.29 is 4.79 Å². The molecule has 2 rings (SSSR count). The number of nitrogens with one attached hydrogen (secondary N) is 1. The molecular formula is C16H25Cl2N3O. The number of benzene rings is 1. The van der Waals surface area contributed by atoms with E-state index in [-0.39, 0.29) is 36.8 Å². The van der Waals surface area contributed by atoms with Crippen LogP contribution in [0.15, 0.2) is 30.5 Å². The molecule has 22 heavy (non-hydrogen) atoms. The van der Waals surface area contributed by atoms with E-state index in [9.17, 15) is 4.79 Å². The van der Waals surface area contributed by atoms with E-state index in [0.29, 0.717) is 12.8 Å². The zero-order valence-corrected chi connectivity index (χ0v) is 14.7. The molecule has 0 bridgehead atoms. The van der Waals surface area contributed by atoms with E-state index in [2.05, 4.69) is 35.1 Å². The van der Waals surface area contributed by atoms with E-state index < -0.39 is 0 Å². The number of hydrogen-bond acceptors (Lipinski definition) is 2. The number of fused-ring (bicyclic) bond motifs is 1. The first kappa shape index (κ1) is 20.8. The Hall–Kier alpha value is -1.23. The van der Waals surface area contributed by atoms with Crippen molar-refractivity contribution in [2.75, 3.05) is 5.32 Å². The highest BCUT2D eigenvalue weighted by molar-refractivity contribution is 5.93. The van der Waals surface area contributed by atoms with Gasteiger partial charge in [-0.3, -0.25) is 4.79 Å². The maximum Gasteiger partial charge on any atom is 0.224 e. The number of rotatable bonds is 6. The Morgan fingerprint density at radius 2 is 2.05 bits per heavy atom. The molecule has 1 amide bonds. The molecule has 2 aromatic rings. The molecule has 0 saturated carbocycles. The highest BCUT2D eigenvalue weighted by Gasteiger charge is 2.06. The van der Waals surface area contributed by atoms with Crippen molar-refractivity contribution >= 4 is 47.3 Å². The van der Waals surface area contributed by atoms with Crippen molar-refractivity contribution in [1.29, 1.82) is 0 Å². The first-order valence-corrected chi connectivity index (χ1v) is 7.24. The summed E-state index contributed by atoms with van der Waals surface area (Å²) >= 11 is 0. The van der Waals surface area contributed by atoms with Gasteiger partial charge in [0.2, 0.25) is 5.91 Å². The quantitative estimate of drug-likeness (QED) is 0.832. The van der Waals surface area contributed by atoms with Crippen LogP contribution in [-0.2, 0) is 11.3 Å². The number of amides is 1. The minimum atomic E-state index is 0. The summed E-state index contributed by atoms with van der Waals surface area (Å²) in [7, 11) is 0. The van der Waals surface area contributed by atoms with E-state index in [1.54, 1.807) is 0 Å². The Bertz CT molecular complexity index is 596. The predicted molar refractivity (Wildman–Crippen MR) is 98.2 cm³/mol. The molecule has 0 aliphatic carbocycles. The number of aryl methyl sites for hydroxylation is 1. The number of halogens is 2. The Morgan fingerprint density at radius 3 is 2.68 bits per heavy atom. The normalized spacial score (nSPS) is 11.4. The van der Waals surface area contributed by atoms with Gasteiger partial charge in [-0.1, -0.05) is 6.92 Å². The van der Waals surface area contributed by atoms with Gasteiger partial charge in [0, 0.05) is 41.8 Å². The molecule has 1 aromatic heterocycles. The third-order valence-electron chi connectivity index (χ3n) is 3.35. The summed E-state index contributed by atoms with van der Waals surface area (Å²) in [6.07, 6.45) is 4.38. The summed E-state index contributed by atoms with van der Waals surface area (Å²) in [5, 5.41) is 4.08. The number of aromatic nitrogens is 1. The van der Waals surface area contributed by atoms with Gasteiger partial charge in [0.25, 0.3) is 0 Å². The van der Waals surface area contributed by atoms with Gasteiger partial charge in [0.05, 0.1) is 0 Å². The second-order valence-corrected chi connectivity index (χ2v) is 5.35. The molecule has 1 unspecified atom stereocenters. The average Bonchev–Trinajstić information content (AvgIpc) is 2.80. The number of hydrogen-bond donors (Lipinski definition) is 2. The SMILES string of the molecule is CCCn1ccc2cc(NC(=O)CCC(C)N)ccc21.Cl.Cl. The molecule has 0 aliphatic heterocycles. The molecule has 0 radical (unpaired) electrons. The van der Waals surface area contributed by atoms with Gasteiger partial charge in [-0.2, -0.15) is 0 Å². The first-order valence-electron chi connectivity index (χ1n) is 7.24. The standard InChI is InChI=1S/C16H23N3O.2ClH/c1-3-9-19-10-8-13-11-14(5-6-15(13)19)18-16(20)7-4-12(2)17;;/h5-6,8,10-12H,3-4,7,9,17H2,1-2H3,(H,18,20);2*1H. The summed E-state index contributed by atoms with van der Waals surface area (Å²) in [6, 6.07) is 8.18. The molecule has 0 spiro atoms. The maximum absolute atomic E-state index is 11.8. The number of anilines is 1. The molecule has 0 aliphatic rings. The molecule has 1 aromatic carbocycles. The van der Waals surface area contributed by atoms with E-state index >= 15 is 0 Å². The molecule has 3 N–H and O–H groups in total. The van der Waals surface area contributed by atoms with Crippen molar-refractivity contribution in [1.82, 2.24) is 4.57 Å². The van der Waals surface area contributed by atoms with Gasteiger partial charge in [-0.15, -0.1) is 24.8 Å². The first-order chi connectivity index (χ1) is 9.60. The highest BCUT2D eigenvalue weighted by atomic mass is 35.5. The van der Waals surface area contributed by atoms with Crippen LogP contribution in [0.2, 0.25) is 0 Å². The third kappa shape index (κ3) is 5.52. The second-order valence-electron chi connectivity index (χ2n) is 5.35. The van der Waals surface area contributed by atoms with Crippen LogP contribution in [-0.4, -0.2) is 16.5 Å². The van der Waals surface area contributed by atoms with Gasteiger partial charge in [-0.25, -0.2) is 0 Å².